The first kappa shape index (κ1) is 19.9. The molecule has 1 N–H and O–H groups in total. The standard InChI is InChI=1S/C24H28N2O2/c1-4-28-20-14-12-18(13-15-20)16-24(27)25-17-23(26(2)3)22-11-7-9-19-8-5-6-10-21(19)22/h5-15,23H,4,16-17H2,1-3H3,(H,25,27)/t23-/m0/s1. The van der Waals surface area contributed by atoms with Crippen molar-refractivity contribution in [3.63, 3.8) is 0 Å². The van der Waals surface area contributed by atoms with Crippen LogP contribution in [0.25, 0.3) is 10.8 Å². The van der Waals surface area contributed by atoms with Gasteiger partial charge in [-0.2, -0.15) is 0 Å². The van der Waals surface area contributed by atoms with E-state index in [4.69, 9.17) is 4.74 Å². The summed E-state index contributed by atoms with van der Waals surface area (Å²) in [5.74, 6) is 0.853. The van der Waals surface area contributed by atoms with Gasteiger partial charge in [-0.3, -0.25) is 4.79 Å². The van der Waals surface area contributed by atoms with Crippen LogP contribution in [0.5, 0.6) is 5.75 Å². The smallest absolute Gasteiger partial charge is 0.224 e. The number of nitrogens with zero attached hydrogens (tertiary/aromatic N) is 1. The van der Waals surface area contributed by atoms with Crippen LogP contribution in [-0.2, 0) is 11.2 Å². The summed E-state index contributed by atoms with van der Waals surface area (Å²) in [5, 5.41) is 5.55. The molecule has 0 bridgehead atoms. The molecule has 0 aromatic heterocycles. The van der Waals surface area contributed by atoms with Crippen molar-refractivity contribution >= 4 is 16.7 Å². The first-order valence-corrected chi connectivity index (χ1v) is 9.71. The Hall–Kier alpha value is -2.85. The minimum absolute atomic E-state index is 0.0243. The van der Waals surface area contributed by atoms with Gasteiger partial charge in [0.15, 0.2) is 0 Å². The van der Waals surface area contributed by atoms with Gasteiger partial charge in [-0.25, -0.2) is 0 Å². The molecule has 0 spiro atoms. The predicted molar refractivity (Wildman–Crippen MR) is 115 cm³/mol. The highest BCUT2D eigenvalue weighted by atomic mass is 16.5. The third-order valence-electron chi connectivity index (χ3n) is 4.90. The Labute approximate surface area is 167 Å². The molecule has 146 valence electrons. The van der Waals surface area contributed by atoms with E-state index >= 15 is 0 Å². The summed E-state index contributed by atoms with van der Waals surface area (Å²) in [6.45, 7) is 3.16. The number of fused-ring (bicyclic) bond motifs is 1. The summed E-state index contributed by atoms with van der Waals surface area (Å²) in [4.78, 5) is 14.6. The average Bonchev–Trinajstić information content (AvgIpc) is 2.70. The van der Waals surface area contributed by atoms with E-state index in [2.05, 4.69) is 52.7 Å². The molecule has 0 aliphatic rings. The van der Waals surface area contributed by atoms with Gasteiger partial charge in [0, 0.05) is 6.54 Å². The fourth-order valence-electron chi connectivity index (χ4n) is 3.44. The van der Waals surface area contributed by atoms with Crippen LogP contribution < -0.4 is 10.1 Å². The Balaban J connectivity index is 1.67. The summed E-state index contributed by atoms with van der Waals surface area (Å²) >= 11 is 0. The molecule has 0 aliphatic carbocycles. The lowest BCUT2D eigenvalue weighted by Crippen LogP contribution is -2.35. The van der Waals surface area contributed by atoms with Gasteiger partial charge in [0.1, 0.15) is 5.75 Å². The number of likely N-dealkylation sites (N-methyl/N-ethyl adjacent to an activating group) is 1. The molecule has 0 fully saturated rings. The second kappa shape index (κ2) is 9.38. The van der Waals surface area contributed by atoms with Gasteiger partial charge in [-0.05, 0) is 55.1 Å². The van der Waals surface area contributed by atoms with Crippen molar-refractivity contribution in [2.45, 2.75) is 19.4 Å². The van der Waals surface area contributed by atoms with Crippen molar-refractivity contribution in [1.29, 1.82) is 0 Å². The Morgan fingerprint density at radius 2 is 1.71 bits per heavy atom. The molecular weight excluding hydrogens is 348 g/mol. The summed E-state index contributed by atoms with van der Waals surface area (Å²) < 4.78 is 5.45. The number of nitrogens with one attached hydrogen (secondary N) is 1. The second-order valence-corrected chi connectivity index (χ2v) is 7.11. The predicted octanol–water partition coefficient (Wildman–Crippen LogP) is 4.20. The fourth-order valence-corrected chi connectivity index (χ4v) is 3.44. The number of hydrogen-bond donors (Lipinski definition) is 1. The summed E-state index contributed by atoms with van der Waals surface area (Å²) in [6, 6.07) is 22.5. The van der Waals surface area contributed by atoms with Crippen LogP contribution in [0.3, 0.4) is 0 Å². The molecule has 0 saturated heterocycles. The van der Waals surface area contributed by atoms with Gasteiger partial charge in [-0.15, -0.1) is 0 Å². The average molecular weight is 377 g/mol. The van der Waals surface area contributed by atoms with E-state index < -0.39 is 0 Å². The van der Waals surface area contributed by atoms with E-state index in [1.54, 1.807) is 0 Å². The number of carbonyl (C=O) groups excluding carboxylic acids is 1. The Morgan fingerprint density at radius 3 is 2.43 bits per heavy atom. The van der Waals surface area contributed by atoms with E-state index in [1.165, 1.54) is 16.3 Å². The van der Waals surface area contributed by atoms with Crippen LogP contribution in [0.1, 0.15) is 24.1 Å². The van der Waals surface area contributed by atoms with Crippen molar-refractivity contribution < 1.29 is 9.53 Å². The van der Waals surface area contributed by atoms with Crippen molar-refractivity contribution in [2.75, 3.05) is 27.2 Å². The number of rotatable bonds is 8. The van der Waals surface area contributed by atoms with Crippen LogP contribution in [0.15, 0.2) is 66.7 Å². The molecule has 3 rings (SSSR count). The monoisotopic (exact) mass is 376 g/mol. The summed E-state index contributed by atoms with van der Waals surface area (Å²) in [7, 11) is 4.09. The minimum atomic E-state index is 0.0243. The number of benzene rings is 3. The third-order valence-corrected chi connectivity index (χ3v) is 4.90. The largest absolute Gasteiger partial charge is 0.494 e. The Kier molecular flexibility index (Phi) is 6.66. The molecule has 4 heteroatoms. The highest BCUT2D eigenvalue weighted by Gasteiger charge is 2.17. The quantitative estimate of drug-likeness (QED) is 0.641. The van der Waals surface area contributed by atoms with Gasteiger partial charge in [-0.1, -0.05) is 54.6 Å². The molecule has 0 unspecified atom stereocenters. The molecule has 3 aromatic carbocycles. The number of carbonyl (C=O) groups is 1. The van der Waals surface area contributed by atoms with Crippen LogP contribution in [0, 0.1) is 0 Å². The topological polar surface area (TPSA) is 41.6 Å². The third kappa shape index (κ3) is 4.90. The first-order valence-electron chi connectivity index (χ1n) is 9.71. The van der Waals surface area contributed by atoms with Crippen molar-refractivity contribution in [2.24, 2.45) is 0 Å². The zero-order valence-corrected chi connectivity index (χ0v) is 16.8. The van der Waals surface area contributed by atoms with Crippen LogP contribution in [0.2, 0.25) is 0 Å². The van der Waals surface area contributed by atoms with Crippen LogP contribution >= 0.6 is 0 Å². The fraction of sp³-hybridized carbons (Fsp3) is 0.292. The van der Waals surface area contributed by atoms with Crippen molar-refractivity contribution in [1.82, 2.24) is 10.2 Å². The minimum Gasteiger partial charge on any atom is -0.494 e. The lowest BCUT2D eigenvalue weighted by atomic mass is 9.98. The number of hydrogen-bond acceptors (Lipinski definition) is 3. The zero-order chi connectivity index (χ0) is 19.9. The second-order valence-electron chi connectivity index (χ2n) is 7.11. The highest BCUT2D eigenvalue weighted by Crippen LogP contribution is 2.26. The van der Waals surface area contributed by atoms with E-state index in [9.17, 15) is 4.79 Å². The van der Waals surface area contributed by atoms with E-state index in [-0.39, 0.29) is 11.9 Å². The summed E-state index contributed by atoms with van der Waals surface area (Å²) in [6.07, 6.45) is 0.363. The number of amides is 1. The van der Waals surface area contributed by atoms with E-state index in [1.807, 2.05) is 45.3 Å². The zero-order valence-electron chi connectivity index (χ0n) is 16.8. The Bertz CT molecular complexity index is 914. The van der Waals surface area contributed by atoms with Gasteiger partial charge < -0.3 is 15.0 Å². The normalized spacial score (nSPS) is 12.1. The lowest BCUT2D eigenvalue weighted by Gasteiger charge is -2.26. The molecule has 1 amide bonds. The van der Waals surface area contributed by atoms with Gasteiger partial charge in [0.2, 0.25) is 5.91 Å². The van der Waals surface area contributed by atoms with Crippen molar-refractivity contribution in [3.8, 4) is 5.75 Å². The molecule has 0 radical (unpaired) electrons. The molecule has 0 saturated carbocycles. The van der Waals surface area contributed by atoms with Gasteiger partial charge in [0.25, 0.3) is 0 Å². The van der Waals surface area contributed by atoms with Crippen LogP contribution in [0.4, 0.5) is 0 Å². The summed E-state index contributed by atoms with van der Waals surface area (Å²) in [5.41, 5.74) is 2.21. The van der Waals surface area contributed by atoms with E-state index in [0.29, 0.717) is 19.6 Å². The van der Waals surface area contributed by atoms with E-state index in [0.717, 1.165) is 11.3 Å². The Morgan fingerprint density at radius 1 is 1.00 bits per heavy atom. The maximum atomic E-state index is 12.5. The molecule has 4 nitrogen and oxygen atoms in total. The molecule has 3 aromatic rings. The SMILES string of the molecule is CCOc1ccc(CC(=O)NC[C@@H](c2cccc3ccccc23)N(C)C)cc1. The number of ether oxygens (including phenoxy) is 1. The van der Waals surface area contributed by atoms with Gasteiger partial charge in [0.05, 0.1) is 19.1 Å². The van der Waals surface area contributed by atoms with Gasteiger partial charge >= 0.3 is 0 Å². The van der Waals surface area contributed by atoms with Crippen molar-refractivity contribution in [3.05, 3.63) is 77.9 Å². The molecule has 0 aliphatic heterocycles. The lowest BCUT2D eigenvalue weighted by molar-refractivity contribution is -0.120. The molecule has 28 heavy (non-hydrogen) atoms. The first-order chi connectivity index (χ1) is 13.6. The van der Waals surface area contributed by atoms with Crippen LogP contribution in [-0.4, -0.2) is 38.1 Å². The molecular formula is C24H28N2O2. The maximum absolute atomic E-state index is 12.5. The highest BCUT2D eigenvalue weighted by molar-refractivity contribution is 5.86. The molecule has 1 atom stereocenters. The molecule has 0 heterocycles. The maximum Gasteiger partial charge on any atom is 0.224 e.